The van der Waals surface area contributed by atoms with Crippen molar-refractivity contribution in [2.75, 3.05) is 18.1 Å². The lowest BCUT2D eigenvalue weighted by atomic mass is 10.3. The topological polar surface area (TPSA) is 69.5 Å². The Hall–Kier alpha value is -2.41. The van der Waals surface area contributed by atoms with E-state index in [2.05, 4.69) is 10.2 Å². The average Bonchev–Trinajstić information content (AvgIpc) is 3.20. The number of hydrogen-bond donors (Lipinski definition) is 0. The fraction of sp³-hybridized carbons (Fsp3) is 0.438. The molecule has 0 radical (unpaired) electrons. The molecule has 0 N–H and O–H groups in total. The first kappa shape index (κ1) is 14.2. The van der Waals surface area contributed by atoms with Gasteiger partial charge in [0.1, 0.15) is 19.0 Å². The molecule has 0 spiro atoms. The van der Waals surface area contributed by atoms with E-state index in [0.29, 0.717) is 26.2 Å². The van der Waals surface area contributed by atoms with Crippen molar-refractivity contribution in [3.05, 3.63) is 35.9 Å². The summed E-state index contributed by atoms with van der Waals surface area (Å²) >= 11 is 0. The zero-order chi connectivity index (χ0) is 15.6. The summed E-state index contributed by atoms with van der Waals surface area (Å²) in [5.74, 6) is 2.60. The van der Waals surface area contributed by atoms with E-state index in [1.54, 1.807) is 0 Å². The average molecular weight is 314 g/mol. The summed E-state index contributed by atoms with van der Waals surface area (Å²) in [7, 11) is 0. The van der Waals surface area contributed by atoms with Gasteiger partial charge in [-0.2, -0.15) is 0 Å². The molecule has 2 aliphatic rings. The Kier molecular flexibility index (Phi) is 3.70. The summed E-state index contributed by atoms with van der Waals surface area (Å²) in [6, 6.07) is 7.62. The number of benzene rings is 1. The highest BCUT2D eigenvalue weighted by atomic mass is 16.5. The van der Waals surface area contributed by atoms with E-state index in [9.17, 15) is 4.79 Å². The summed E-state index contributed by atoms with van der Waals surface area (Å²) in [4.78, 5) is 13.6. The maximum Gasteiger partial charge on any atom is 0.227 e. The van der Waals surface area contributed by atoms with Crippen LogP contribution in [0.3, 0.4) is 0 Å². The van der Waals surface area contributed by atoms with E-state index >= 15 is 0 Å². The SMILES string of the molecule is O=C1CCCN1c1ccc(OCc2nnc3n2CCOC3)cc1. The lowest BCUT2D eigenvalue weighted by Gasteiger charge is -2.17. The Morgan fingerprint density at radius 2 is 2.04 bits per heavy atom. The Bertz CT molecular complexity index is 711. The van der Waals surface area contributed by atoms with Crippen molar-refractivity contribution < 1.29 is 14.3 Å². The predicted octanol–water partition coefficient (Wildman–Crippen LogP) is 1.51. The Balaban J connectivity index is 1.41. The molecule has 23 heavy (non-hydrogen) atoms. The highest BCUT2D eigenvalue weighted by molar-refractivity contribution is 5.95. The molecule has 1 amide bonds. The zero-order valence-corrected chi connectivity index (χ0v) is 12.8. The molecule has 1 aromatic heterocycles. The Morgan fingerprint density at radius 1 is 1.17 bits per heavy atom. The van der Waals surface area contributed by atoms with Crippen LogP contribution in [0, 0.1) is 0 Å². The van der Waals surface area contributed by atoms with Gasteiger partial charge in [-0.1, -0.05) is 0 Å². The summed E-state index contributed by atoms with van der Waals surface area (Å²) in [6.45, 7) is 3.11. The van der Waals surface area contributed by atoms with Gasteiger partial charge in [0, 0.05) is 25.2 Å². The molecular weight excluding hydrogens is 296 g/mol. The first-order chi connectivity index (χ1) is 11.3. The first-order valence-corrected chi connectivity index (χ1v) is 7.83. The van der Waals surface area contributed by atoms with Crippen LogP contribution in [0.4, 0.5) is 5.69 Å². The van der Waals surface area contributed by atoms with Gasteiger partial charge < -0.3 is 18.9 Å². The van der Waals surface area contributed by atoms with Gasteiger partial charge in [-0.05, 0) is 30.7 Å². The van der Waals surface area contributed by atoms with Gasteiger partial charge in [-0.3, -0.25) is 4.79 Å². The van der Waals surface area contributed by atoms with Crippen LogP contribution in [0.5, 0.6) is 5.75 Å². The molecule has 1 fully saturated rings. The van der Waals surface area contributed by atoms with Crippen LogP contribution in [-0.4, -0.2) is 33.8 Å². The van der Waals surface area contributed by atoms with Crippen LogP contribution < -0.4 is 9.64 Å². The zero-order valence-electron chi connectivity index (χ0n) is 12.8. The smallest absolute Gasteiger partial charge is 0.227 e. The number of nitrogens with zero attached hydrogens (tertiary/aromatic N) is 4. The third kappa shape index (κ3) is 2.79. The number of hydrogen-bond acceptors (Lipinski definition) is 5. The van der Waals surface area contributed by atoms with Crippen LogP contribution in [-0.2, 0) is 29.3 Å². The lowest BCUT2D eigenvalue weighted by Crippen LogP contribution is -2.23. The maximum atomic E-state index is 11.7. The second kappa shape index (κ2) is 6.00. The molecule has 0 saturated carbocycles. The van der Waals surface area contributed by atoms with E-state index in [4.69, 9.17) is 9.47 Å². The predicted molar refractivity (Wildman–Crippen MR) is 82.0 cm³/mol. The molecule has 2 aromatic rings. The lowest BCUT2D eigenvalue weighted by molar-refractivity contribution is -0.117. The Labute approximate surface area is 133 Å². The number of aromatic nitrogens is 3. The standard InChI is InChI=1S/C16H18N4O3/c21-16-2-1-7-19(16)12-3-5-13(6-4-12)23-11-15-18-17-14-10-22-9-8-20(14)15/h3-6H,1-2,7-11H2. The number of rotatable bonds is 4. The van der Waals surface area contributed by atoms with Crippen molar-refractivity contribution in [2.24, 2.45) is 0 Å². The van der Waals surface area contributed by atoms with E-state index in [1.807, 2.05) is 33.7 Å². The molecule has 120 valence electrons. The number of carbonyl (C=O) groups excluding carboxylic acids is 1. The first-order valence-electron chi connectivity index (χ1n) is 7.83. The van der Waals surface area contributed by atoms with Gasteiger partial charge in [-0.25, -0.2) is 0 Å². The van der Waals surface area contributed by atoms with Gasteiger partial charge in [0.05, 0.1) is 6.61 Å². The minimum atomic E-state index is 0.191. The molecule has 0 bridgehead atoms. The number of fused-ring (bicyclic) bond motifs is 1. The molecule has 0 aliphatic carbocycles. The van der Waals surface area contributed by atoms with Gasteiger partial charge in [0.25, 0.3) is 0 Å². The molecule has 2 aliphatic heterocycles. The summed E-state index contributed by atoms with van der Waals surface area (Å²) in [5, 5.41) is 8.27. The number of ether oxygens (including phenoxy) is 2. The summed E-state index contributed by atoms with van der Waals surface area (Å²) < 4.78 is 13.2. The largest absolute Gasteiger partial charge is 0.486 e. The third-order valence-corrected chi connectivity index (χ3v) is 4.18. The molecule has 1 saturated heterocycles. The number of carbonyl (C=O) groups is 1. The third-order valence-electron chi connectivity index (χ3n) is 4.18. The summed E-state index contributed by atoms with van der Waals surface area (Å²) in [5.41, 5.74) is 0.928. The fourth-order valence-electron chi connectivity index (χ4n) is 2.95. The Morgan fingerprint density at radius 3 is 2.83 bits per heavy atom. The molecule has 0 unspecified atom stereocenters. The van der Waals surface area contributed by atoms with Gasteiger partial charge >= 0.3 is 0 Å². The van der Waals surface area contributed by atoms with Gasteiger partial charge in [0.2, 0.25) is 5.91 Å². The van der Waals surface area contributed by atoms with Crippen molar-refractivity contribution in [1.82, 2.24) is 14.8 Å². The highest BCUT2D eigenvalue weighted by Gasteiger charge is 2.21. The van der Waals surface area contributed by atoms with Crippen molar-refractivity contribution in [3.8, 4) is 5.75 Å². The molecule has 1 aromatic carbocycles. The molecule has 7 nitrogen and oxygen atoms in total. The second-order valence-electron chi connectivity index (χ2n) is 5.67. The molecule has 0 atom stereocenters. The quantitative estimate of drug-likeness (QED) is 0.855. The highest BCUT2D eigenvalue weighted by Crippen LogP contribution is 2.24. The van der Waals surface area contributed by atoms with Gasteiger partial charge in [0.15, 0.2) is 11.6 Å². The minimum absolute atomic E-state index is 0.191. The molecular formula is C16H18N4O3. The molecule has 7 heteroatoms. The van der Waals surface area contributed by atoms with Gasteiger partial charge in [-0.15, -0.1) is 10.2 Å². The number of amides is 1. The van der Waals surface area contributed by atoms with Crippen molar-refractivity contribution >= 4 is 11.6 Å². The normalized spacial score (nSPS) is 17.4. The maximum absolute atomic E-state index is 11.7. The fourth-order valence-corrected chi connectivity index (χ4v) is 2.95. The van der Waals surface area contributed by atoms with Crippen molar-refractivity contribution in [2.45, 2.75) is 32.6 Å². The van der Waals surface area contributed by atoms with Crippen molar-refractivity contribution in [1.29, 1.82) is 0 Å². The monoisotopic (exact) mass is 314 g/mol. The van der Waals surface area contributed by atoms with Crippen LogP contribution in [0.15, 0.2) is 24.3 Å². The van der Waals surface area contributed by atoms with Crippen molar-refractivity contribution in [3.63, 3.8) is 0 Å². The number of anilines is 1. The van der Waals surface area contributed by atoms with E-state index in [0.717, 1.165) is 42.6 Å². The van der Waals surface area contributed by atoms with Crippen LogP contribution >= 0.6 is 0 Å². The molecule has 3 heterocycles. The second-order valence-corrected chi connectivity index (χ2v) is 5.67. The minimum Gasteiger partial charge on any atom is -0.486 e. The van der Waals surface area contributed by atoms with E-state index in [-0.39, 0.29) is 5.91 Å². The summed E-state index contributed by atoms with van der Waals surface area (Å²) in [6.07, 6.45) is 1.57. The van der Waals surface area contributed by atoms with Crippen LogP contribution in [0.25, 0.3) is 0 Å². The van der Waals surface area contributed by atoms with Crippen LogP contribution in [0.2, 0.25) is 0 Å². The van der Waals surface area contributed by atoms with E-state index in [1.165, 1.54) is 0 Å². The van der Waals surface area contributed by atoms with Crippen LogP contribution in [0.1, 0.15) is 24.5 Å². The van der Waals surface area contributed by atoms with E-state index < -0.39 is 0 Å². The molecule has 4 rings (SSSR count).